The van der Waals surface area contributed by atoms with Gasteiger partial charge in [0.15, 0.2) is 0 Å². The molecule has 4 saturated carbocycles. The smallest absolute Gasteiger partial charge is 0.0607 e. The van der Waals surface area contributed by atoms with Crippen LogP contribution < -0.4 is 0 Å². The van der Waals surface area contributed by atoms with Crippen LogP contribution in [0.4, 0.5) is 0 Å². The zero-order valence-corrected chi connectivity index (χ0v) is 20.4. The van der Waals surface area contributed by atoms with Gasteiger partial charge in [-0.3, -0.25) is 0 Å². The first kappa shape index (κ1) is 21.5. The molecule has 0 aromatic heterocycles. The van der Waals surface area contributed by atoms with E-state index in [4.69, 9.17) is 0 Å². The van der Waals surface area contributed by atoms with Crippen molar-refractivity contribution in [2.24, 2.45) is 51.2 Å². The molecule has 0 saturated heterocycles. The topological polar surface area (TPSA) is 40.5 Å². The van der Waals surface area contributed by atoms with Crippen molar-refractivity contribution in [3.05, 3.63) is 11.6 Å². The molecule has 170 valence electrons. The highest BCUT2D eigenvalue weighted by Gasteiger charge is 2.62. The molecule has 2 nitrogen and oxygen atoms in total. The zero-order valence-electron chi connectivity index (χ0n) is 20.4. The molecule has 5 aliphatic carbocycles. The summed E-state index contributed by atoms with van der Waals surface area (Å²) in [4.78, 5) is 0. The Balaban J connectivity index is 1.51. The van der Waals surface area contributed by atoms with Gasteiger partial charge in [0.05, 0.1) is 12.2 Å². The molecule has 0 aromatic rings. The summed E-state index contributed by atoms with van der Waals surface area (Å²) >= 11 is 0. The molecule has 4 fully saturated rings. The van der Waals surface area contributed by atoms with Crippen LogP contribution in [0.3, 0.4) is 0 Å². The van der Waals surface area contributed by atoms with Crippen LogP contribution in [0.25, 0.3) is 0 Å². The fourth-order valence-corrected chi connectivity index (χ4v) is 9.51. The van der Waals surface area contributed by atoms with Crippen LogP contribution in [0, 0.1) is 51.2 Å². The number of fused-ring (bicyclic) bond motifs is 7. The molecule has 9 atom stereocenters. The molecular weight excluding hydrogens is 368 g/mol. The van der Waals surface area contributed by atoms with E-state index in [0.29, 0.717) is 23.2 Å². The molecule has 9 unspecified atom stereocenters. The quantitative estimate of drug-likeness (QED) is 0.453. The van der Waals surface area contributed by atoms with E-state index in [1.165, 1.54) is 44.9 Å². The third kappa shape index (κ3) is 2.81. The van der Waals surface area contributed by atoms with Crippen molar-refractivity contribution in [1.82, 2.24) is 0 Å². The van der Waals surface area contributed by atoms with Crippen molar-refractivity contribution in [1.29, 1.82) is 0 Å². The second-order valence-corrected chi connectivity index (χ2v) is 14.0. The van der Waals surface area contributed by atoms with Crippen LogP contribution in [0.2, 0.25) is 0 Å². The molecule has 2 heteroatoms. The summed E-state index contributed by atoms with van der Waals surface area (Å²) in [6, 6.07) is 0. The van der Waals surface area contributed by atoms with Crippen molar-refractivity contribution in [2.75, 3.05) is 0 Å². The van der Waals surface area contributed by atoms with Crippen LogP contribution in [0.5, 0.6) is 0 Å². The summed E-state index contributed by atoms with van der Waals surface area (Å²) in [5.74, 6) is 3.43. The maximum Gasteiger partial charge on any atom is 0.0607 e. The normalized spacial score (nSPS) is 54.1. The van der Waals surface area contributed by atoms with E-state index >= 15 is 0 Å². The molecule has 0 radical (unpaired) electrons. The summed E-state index contributed by atoms with van der Waals surface area (Å²) in [5.41, 5.74) is 2.42. The first-order valence-corrected chi connectivity index (χ1v) is 13.0. The number of aliphatic hydroxyl groups is 2. The van der Waals surface area contributed by atoms with Gasteiger partial charge in [0, 0.05) is 5.41 Å². The van der Waals surface area contributed by atoms with Crippen molar-refractivity contribution in [3.8, 4) is 0 Å². The molecule has 2 N–H and O–H groups in total. The van der Waals surface area contributed by atoms with Gasteiger partial charge in [0.25, 0.3) is 0 Å². The average molecular weight is 415 g/mol. The van der Waals surface area contributed by atoms with Gasteiger partial charge < -0.3 is 10.2 Å². The van der Waals surface area contributed by atoms with Crippen molar-refractivity contribution in [3.63, 3.8) is 0 Å². The van der Waals surface area contributed by atoms with E-state index in [-0.39, 0.29) is 28.5 Å². The fourth-order valence-electron chi connectivity index (χ4n) is 9.51. The summed E-state index contributed by atoms with van der Waals surface area (Å²) in [6.07, 6.45) is 13.0. The van der Waals surface area contributed by atoms with Gasteiger partial charge >= 0.3 is 0 Å². The van der Waals surface area contributed by atoms with E-state index in [1.807, 2.05) is 0 Å². The van der Waals surface area contributed by atoms with Crippen LogP contribution in [0.1, 0.15) is 99.3 Å². The van der Waals surface area contributed by atoms with Gasteiger partial charge in [-0.25, -0.2) is 0 Å². The van der Waals surface area contributed by atoms with Crippen LogP contribution in [-0.2, 0) is 0 Å². The molecule has 0 amide bonds. The highest BCUT2D eigenvalue weighted by Crippen LogP contribution is 2.68. The lowest BCUT2D eigenvalue weighted by Crippen LogP contribution is -2.60. The second kappa shape index (κ2) is 6.60. The summed E-state index contributed by atoms with van der Waals surface area (Å²) in [5, 5.41) is 22.2. The fraction of sp³-hybridized carbons (Fsp3) is 0.929. The maximum atomic E-state index is 11.5. The van der Waals surface area contributed by atoms with E-state index in [0.717, 1.165) is 24.7 Å². The minimum absolute atomic E-state index is 0.0524. The predicted octanol–water partition coefficient (Wildman–Crippen LogP) is 6.36. The summed E-state index contributed by atoms with van der Waals surface area (Å²) in [7, 11) is 0. The van der Waals surface area contributed by atoms with Crippen molar-refractivity contribution >= 4 is 0 Å². The molecule has 0 bridgehead atoms. The molecule has 5 aliphatic rings. The van der Waals surface area contributed by atoms with Gasteiger partial charge in [-0.2, -0.15) is 0 Å². The summed E-state index contributed by atoms with van der Waals surface area (Å²) in [6.45, 7) is 14.5. The minimum atomic E-state index is -0.165. The number of hydrogen-bond donors (Lipinski definition) is 2. The van der Waals surface area contributed by atoms with Gasteiger partial charge in [0.2, 0.25) is 0 Å². The third-order valence-corrected chi connectivity index (χ3v) is 11.7. The van der Waals surface area contributed by atoms with Crippen LogP contribution >= 0.6 is 0 Å². The minimum Gasteiger partial charge on any atom is -0.393 e. The lowest BCUT2D eigenvalue weighted by Gasteiger charge is -2.65. The van der Waals surface area contributed by atoms with E-state index < -0.39 is 0 Å². The van der Waals surface area contributed by atoms with Crippen molar-refractivity contribution < 1.29 is 10.2 Å². The zero-order chi connectivity index (χ0) is 21.7. The number of rotatable bonds is 0. The second-order valence-electron chi connectivity index (χ2n) is 14.0. The highest BCUT2D eigenvalue weighted by molar-refractivity contribution is 5.31. The number of allylic oxidation sites excluding steroid dienone is 2. The third-order valence-electron chi connectivity index (χ3n) is 11.7. The van der Waals surface area contributed by atoms with E-state index in [9.17, 15) is 10.2 Å². The molecule has 0 spiro atoms. The Morgan fingerprint density at radius 3 is 2.20 bits per heavy atom. The Hall–Kier alpha value is -0.340. The first-order chi connectivity index (χ1) is 13.9. The van der Waals surface area contributed by atoms with Gasteiger partial charge in [-0.1, -0.05) is 53.2 Å². The number of aliphatic hydroxyl groups excluding tert-OH is 2. The Morgan fingerprint density at radius 1 is 0.767 bits per heavy atom. The number of hydrogen-bond acceptors (Lipinski definition) is 2. The lowest BCUT2D eigenvalue weighted by atomic mass is 9.40. The van der Waals surface area contributed by atoms with Crippen LogP contribution in [-0.4, -0.2) is 22.4 Å². The molecule has 0 heterocycles. The monoisotopic (exact) mass is 414 g/mol. The van der Waals surface area contributed by atoms with Crippen molar-refractivity contribution in [2.45, 2.75) is 112 Å². The van der Waals surface area contributed by atoms with Gasteiger partial charge in [-0.15, -0.1) is 0 Å². The predicted molar refractivity (Wildman–Crippen MR) is 123 cm³/mol. The van der Waals surface area contributed by atoms with Crippen LogP contribution in [0.15, 0.2) is 11.6 Å². The highest BCUT2D eigenvalue weighted by atomic mass is 16.3. The SMILES string of the molecule is CC1(C)CCC2(C)C(O)CC3(C)C(=CCC4C5CCC(O)C(C)(C)C5CCC43)C2C1. The Morgan fingerprint density at radius 2 is 1.47 bits per heavy atom. The Bertz CT molecular complexity index is 735. The van der Waals surface area contributed by atoms with E-state index in [2.05, 4.69) is 47.6 Å². The summed E-state index contributed by atoms with van der Waals surface area (Å²) < 4.78 is 0. The lowest BCUT2D eigenvalue weighted by molar-refractivity contribution is -0.147. The maximum absolute atomic E-state index is 11.5. The molecule has 0 aliphatic heterocycles. The first-order valence-electron chi connectivity index (χ1n) is 13.0. The molecular formula is C28H46O2. The Kier molecular flexibility index (Phi) is 4.73. The standard InChI is InChI=1S/C28H46O2/c1-25(2)13-14-27(5)22(15-25)21-9-7-18-17-8-12-23(29)26(3,4)19(17)10-11-20(18)28(21,6)16-24(27)30/h9,17-20,22-24,29-30H,7-8,10-16H2,1-6H3. The molecule has 30 heavy (non-hydrogen) atoms. The molecule has 5 rings (SSSR count). The van der Waals surface area contributed by atoms with Gasteiger partial charge in [0.1, 0.15) is 0 Å². The van der Waals surface area contributed by atoms with E-state index in [1.54, 1.807) is 5.57 Å². The Labute approximate surface area is 184 Å². The van der Waals surface area contributed by atoms with Gasteiger partial charge in [-0.05, 0) is 104 Å². The largest absolute Gasteiger partial charge is 0.393 e. The average Bonchev–Trinajstić information content (AvgIpc) is 2.66. The molecule has 0 aromatic carbocycles.